The first-order valence-corrected chi connectivity index (χ1v) is 5.63. The molecular weight excluding hydrogens is 259 g/mol. The minimum Gasteiger partial charge on any atom is -0.0829 e. The van der Waals surface area contributed by atoms with Crippen LogP contribution in [0, 0.1) is 0 Å². The fraction of sp³-hybridized carbons (Fsp3) is 0.455. The highest BCUT2D eigenvalue weighted by atomic mass is 127. The molecule has 0 spiro atoms. The van der Waals surface area contributed by atoms with Gasteiger partial charge < -0.3 is 0 Å². The summed E-state index contributed by atoms with van der Waals surface area (Å²) >= 11 is 2.48. The van der Waals surface area contributed by atoms with Crippen LogP contribution in [0.5, 0.6) is 0 Å². The molecule has 0 heterocycles. The summed E-state index contributed by atoms with van der Waals surface area (Å²) < 4.78 is 0.762. The third-order valence-corrected chi connectivity index (χ3v) is 2.56. The Kier molecular flexibility index (Phi) is 4.06. The smallest absolute Gasteiger partial charge is 0.00870 e. The maximum Gasteiger partial charge on any atom is 0.00870 e. The Labute approximate surface area is 88.5 Å². The molecule has 66 valence electrons. The van der Waals surface area contributed by atoms with Gasteiger partial charge in [0.05, 0.1) is 0 Å². The van der Waals surface area contributed by atoms with E-state index in [9.17, 15) is 0 Å². The van der Waals surface area contributed by atoms with E-state index in [1.54, 1.807) is 0 Å². The molecule has 0 nitrogen and oxygen atoms in total. The van der Waals surface area contributed by atoms with Gasteiger partial charge in [-0.3, -0.25) is 0 Å². The Bertz CT molecular complexity index is 216. The van der Waals surface area contributed by atoms with E-state index in [2.05, 4.69) is 66.8 Å². The lowest BCUT2D eigenvalue weighted by Crippen LogP contribution is -1.99. The fourth-order valence-electron chi connectivity index (χ4n) is 1.40. The van der Waals surface area contributed by atoms with Crippen molar-refractivity contribution in [1.29, 1.82) is 0 Å². The van der Waals surface area contributed by atoms with Gasteiger partial charge in [0.1, 0.15) is 0 Å². The average molecular weight is 274 g/mol. The second-order valence-corrected chi connectivity index (χ2v) is 5.45. The Hall–Kier alpha value is -0.0500. The molecule has 0 aliphatic carbocycles. The van der Waals surface area contributed by atoms with Crippen molar-refractivity contribution in [3.63, 3.8) is 0 Å². The van der Waals surface area contributed by atoms with Gasteiger partial charge in [0.2, 0.25) is 0 Å². The minimum absolute atomic E-state index is 0.693. The highest BCUT2D eigenvalue weighted by Gasteiger charge is 2.06. The third-order valence-electron chi connectivity index (χ3n) is 2.05. The van der Waals surface area contributed by atoms with E-state index >= 15 is 0 Å². The van der Waals surface area contributed by atoms with Crippen LogP contribution >= 0.6 is 22.6 Å². The molecule has 0 unspecified atom stereocenters. The van der Waals surface area contributed by atoms with Gasteiger partial charge >= 0.3 is 0 Å². The van der Waals surface area contributed by atoms with Gasteiger partial charge in [-0.1, -0.05) is 66.8 Å². The van der Waals surface area contributed by atoms with Crippen molar-refractivity contribution in [2.24, 2.45) is 0 Å². The zero-order chi connectivity index (χ0) is 8.97. The molecule has 1 rings (SSSR count). The predicted octanol–water partition coefficient (Wildman–Crippen LogP) is 4.00. The molecule has 0 bridgehead atoms. The molecule has 0 saturated heterocycles. The van der Waals surface area contributed by atoms with Crippen molar-refractivity contribution in [3.05, 3.63) is 35.9 Å². The molecule has 1 aromatic carbocycles. The van der Waals surface area contributed by atoms with Crippen LogP contribution in [0.15, 0.2) is 30.3 Å². The number of alkyl halides is 1. The van der Waals surface area contributed by atoms with E-state index in [4.69, 9.17) is 0 Å². The van der Waals surface area contributed by atoms with E-state index in [1.807, 2.05) is 0 Å². The highest BCUT2D eigenvalue weighted by molar-refractivity contribution is 14.1. The van der Waals surface area contributed by atoms with Crippen LogP contribution in [-0.4, -0.2) is 3.92 Å². The number of hydrogen-bond donors (Lipinski definition) is 0. The van der Waals surface area contributed by atoms with Crippen LogP contribution in [0.1, 0.15) is 31.7 Å². The van der Waals surface area contributed by atoms with Gasteiger partial charge in [0, 0.05) is 3.92 Å². The van der Waals surface area contributed by atoms with E-state index in [-0.39, 0.29) is 0 Å². The van der Waals surface area contributed by atoms with Crippen LogP contribution in [0.4, 0.5) is 0 Å². The van der Waals surface area contributed by atoms with E-state index in [1.165, 1.54) is 12.0 Å². The van der Waals surface area contributed by atoms with Gasteiger partial charge in [0.25, 0.3) is 0 Å². The maximum absolute atomic E-state index is 2.48. The lowest BCUT2D eigenvalue weighted by atomic mass is 9.97. The molecule has 1 heteroatoms. The number of benzene rings is 1. The van der Waals surface area contributed by atoms with Crippen LogP contribution in [0.25, 0.3) is 0 Å². The molecule has 0 fully saturated rings. The summed E-state index contributed by atoms with van der Waals surface area (Å²) in [5.41, 5.74) is 1.46. The molecular formula is C11H15I. The highest BCUT2D eigenvalue weighted by Crippen LogP contribution is 2.22. The molecule has 0 aliphatic heterocycles. The minimum atomic E-state index is 0.693. The number of halogens is 1. The van der Waals surface area contributed by atoms with Gasteiger partial charge in [-0.15, -0.1) is 0 Å². The normalized spacial score (nSPS) is 15.6. The fourth-order valence-corrected chi connectivity index (χ4v) is 2.17. The Morgan fingerprint density at radius 1 is 1.17 bits per heavy atom. The van der Waals surface area contributed by atoms with Gasteiger partial charge in [-0.2, -0.15) is 0 Å². The molecule has 0 aliphatic rings. The second kappa shape index (κ2) is 4.85. The van der Waals surface area contributed by atoms with E-state index < -0.39 is 0 Å². The largest absolute Gasteiger partial charge is 0.0829 e. The Morgan fingerprint density at radius 2 is 1.75 bits per heavy atom. The molecule has 0 amide bonds. The summed E-state index contributed by atoms with van der Waals surface area (Å²) in [7, 11) is 0. The van der Waals surface area contributed by atoms with Gasteiger partial charge in [0.15, 0.2) is 0 Å². The van der Waals surface area contributed by atoms with Gasteiger partial charge in [-0.25, -0.2) is 0 Å². The number of hydrogen-bond acceptors (Lipinski definition) is 0. The first-order valence-electron chi connectivity index (χ1n) is 4.39. The molecule has 2 atom stereocenters. The van der Waals surface area contributed by atoms with Crippen molar-refractivity contribution >= 4 is 22.6 Å². The molecule has 0 aromatic heterocycles. The molecule has 0 N–H and O–H groups in total. The third kappa shape index (κ3) is 3.13. The van der Waals surface area contributed by atoms with Crippen molar-refractivity contribution in [1.82, 2.24) is 0 Å². The number of rotatable bonds is 3. The topological polar surface area (TPSA) is 0 Å². The van der Waals surface area contributed by atoms with Gasteiger partial charge in [-0.05, 0) is 17.9 Å². The van der Waals surface area contributed by atoms with Crippen LogP contribution in [-0.2, 0) is 0 Å². The second-order valence-electron chi connectivity index (χ2n) is 3.33. The van der Waals surface area contributed by atoms with Crippen molar-refractivity contribution in [3.8, 4) is 0 Å². The standard InChI is InChI=1S/C11H15I/c1-9(8-10(2)12)11-6-4-3-5-7-11/h3-7,9-10H,8H2,1-2H3/t9-,10-/m1/s1. The molecule has 0 radical (unpaired) electrons. The first kappa shape index (κ1) is 10.0. The summed E-state index contributed by atoms with van der Waals surface area (Å²) in [4.78, 5) is 0. The molecule has 0 saturated carbocycles. The first-order chi connectivity index (χ1) is 5.70. The monoisotopic (exact) mass is 274 g/mol. The summed E-state index contributed by atoms with van der Waals surface area (Å²) in [5, 5.41) is 0. The van der Waals surface area contributed by atoms with Crippen LogP contribution in [0.3, 0.4) is 0 Å². The summed E-state index contributed by atoms with van der Waals surface area (Å²) in [6.45, 7) is 4.56. The lowest BCUT2D eigenvalue weighted by molar-refractivity contribution is 0.688. The molecule has 12 heavy (non-hydrogen) atoms. The summed E-state index contributed by atoms with van der Waals surface area (Å²) in [6.07, 6.45) is 1.27. The summed E-state index contributed by atoms with van der Waals surface area (Å²) in [5.74, 6) is 0.693. The van der Waals surface area contributed by atoms with E-state index in [0.29, 0.717) is 5.92 Å². The van der Waals surface area contributed by atoms with Crippen molar-refractivity contribution < 1.29 is 0 Å². The lowest BCUT2D eigenvalue weighted by Gasteiger charge is -2.12. The Balaban J connectivity index is 2.59. The maximum atomic E-state index is 2.48. The van der Waals surface area contributed by atoms with Crippen molar-refractivity contribution in [2.75, 3.05) is 0 Å². The molecule has 1 aromatic rings. The quantitative estimate of drug-likeness (QED) is 0.577. The van der Waals surface area contributed by atoms with E-state index in [0.717, 1.165) is 3.92 Å². The van der Waals surface area contributed by atoms with Crippen LogP contribution in [0.2, 0.25) is 0 Å². The predicted molar refractivity (Wildman–Crippen MR) is 63.0 cm³/mol. The van der Waals surface area contributed by atoms with Crippen molar-refractivity contribution in [2.45, 2.75) is 30.1 Å². The SMILES string of the molecule is C[C@H](C[C@@H](C)I)c1ccccc1. The zero-order valence-corrected chi connectivity index (χ0v) is 9.78. The zero-order valence-electron chi connectivity index (χ0n) is 7.63. The Morgan fingerprint density at radius 3 is 2.25 bits per heavy atom. The average Bonchev–Trinajstić information content (AvgIpc) is 2.05. The summed E-state index contributed by atoms with van der Waals surface area (Å²) in [6, 6.07) is 10.7. The van der Waals surface area contributed by atoms with Crippen LogP contribution < -0.4 is 0 Å².